The molecule has 0 radical (unpaired) electrons. The van der Waals surface area contributed by atoms with E-state index in [1.165, 1.54) is 0 Å². The van der Waals surface area contributed by atoms with Gasteiger partial charge >= 0.3 is 0 Å². The lowest BCUT2D eigenvalue weighted by molar-refractivity contribution is 0.392. The average Bonchev–Trinajstić information content (AvgIpc) is 2.56. The van der Waals surface area contributed by atoms with Crippen LogP contribution in [-0.2, 0) is 6.54 Å². The lowest BCUT2D eigenvalue weighted by atomic mass is 10.2. The van der Waals surface area contributed by atoms with Crippen LogP contribution in [0.3, 0.4) is 0 Å². The molecule has 84 valence electrons. The number of aryl methyl sites for hydroxylation is 3. The van der Waals surface area contributed by atoms with Crippen molar-refractivity contribution in [2.24, 2.45) is 0 Å². The van der Waals surface area contributed by atoms with E-state index in [1.807, 2.05) is 32.9 Å². The Bertz CT molecular complexity index is 471. The van der Waals surface area contributed by atoms with E-state index in [0.29, 0.717) is 0 Å². The van der Waals surface area contributed by atoms with Crippen LogP contribution in [0.5, 0.6) is 0 Å². The van der Waals surface area contributed by atoms with E-state index in [0.717, 1.165) is 34.9 Å². The van der Waals surface area contributed by atoms with Crippen molar-refractivity contribution in [3.63, 3.8) is 0 Å². The summed E-state index contributed by atoms with van der Waals surface area (Å²) in [6.07, 6.45) is 1.80. The topological polar surface area (TPSA) is 51.0 Å². The summed E-state index contributed by atoms with van der Waals surface area (Å²) in [7, 11) is 0. The quantitative estimate of drug-likeness (QED) is 0.858. The molecule has 16 heavy (non-hydrogen) atoms. The van der Waals surface area contributed by atoms with Crippen molar-refractivity contribution in [1.29, 1.82) is 0 Å². The zero-order valence-electron chi connectivity index (χ0n) is 9.74. The fourth-order valence-corrected chi connectivity index (χ4v) is 1.60. The highest BCUT2D eigenvalue weighted by atomic mass is 16.5. The molecule has 0 aromatic carbocycles. The van der Waals surface area contributed by atoms with Crippen LogP contribution < -0.4 is 5.32 Å². The fraction of sp³-hybridized carbons (Fsp3) is 0.333. The third-order valence-electron chi connectivity index (χ3n) is 2.55. The maximum atomic E-state index is 5.11. The Hall–Kier alpha value is -1.84. The number of hydrogen-bond acceptors (Lipinski definition) is 4. The van der Waals surface area contributed by atoms with Gasteiger partial charge in [-0.2, -0.15) is 0 Å². The van der Waals surface area contributed by atoms with Crippen LogP contribution in [0.25, 0.3) is 0 Å². The molecule has 0 aliphatic heterocycles. The van der Waals surface area contributed by atoms with Crippen molar-refractivity contribution in [2.45, 2.75) is 27.3 Å². The Morgan fingerprint density at radius 3 is 2.75 bits per heavy atom. The van der Waals surface area contributed by atoms with Crippen molar-refractivity contribution >= 4 is 5.69 Å². The number of rotatable bonds is 3. The van der Waals surface area contributed by atoms with Crippen LogP contribution in [0.1, 0.15) is 22.7 Å². The standard InChI is InChI=1S/C12H15N3O/c1-8-6-11(4-5-13-8)14-7-12-9(2)15-16-10(12)3/h4-6H,7H2,1-3H3,(H,13,14). The summed E-state index contributed by atoms with van der Waals surface area (Å²) in [6.45, 7) is 6.58. The molecule has 2 heterocycles. The number of hydrogen-bond donors (Lipinski definition) is 1. The van der Waals surface area contributed by atoms with Crippen LogP contribution in [-0.4, -0.2) is 10.1 Å². The Morgan fingerprint density at radius 1 is 1.31 bits per heavy atom. The van der Waals surface area contributed by atoms with Gasteiger partial charge in [0.05, 0.1) is 5.69 Å². The van der Waals surface area contributed by atoms with Gasteiger partial charge in [-0.15, -0.1) is 0 Å². The van der Waals surface area contributed by atoms with Crippen molar-refractivity contribution in [1.82, 2.24) is 10.1 Å². The van der Waals surface area contributed by atoms with Crippen molar-refractivity contribution in [3.05, 3.63) is 41.0 Å². The minimum absolute atomic E-state index is 0.727. The molecule has 0 spiro atoms. The third-order valence-corrected chi connectivity index (χ3v) is 2.55. The van der Waals surface area contributed by atoms with E-state index in [4.69, 9.17) is 4.52 Å². The first kappa shape index (κ1) is 10.7. The van der Waals surface area contributed by atoms with Gasteiger partial charge in [0.25, 0.3) is 0 Å². The Labute approximate surface area is 94.7 Å². The van der Waals surface area contributed by atoms with Crippen LogP contribution in [0, 0.1) is 20.8 Å². The van der Waals surface area contributed by atoms with Crippen LogP contribution in [0.15, 0.2) is 22.9 Å². The first-order chi connectivity index (χ1) is 7.66. The molecular weight excluding hydrogens is 202 g/mol. The normalized spacial score (nSPS) is 10.4. The average molecular weight is 217 g/mol. The predicted molar refractivity (Wildman–Crippen MR) is 62.3 cm³/mol. The molecule has 2 rings (SSSR count). The Morgan fingerprint density at radius 2 is 2.12 bits per heavy atom. The molecule has 4 heteroatoms. The van der Waals surface area contributed by atoms with E-state index >= 15 is 0 Å². The van der Waals surface area contributed by atoms with E-state index in [1.54, 1.807) is 6.20 Å². The molecule has 0 amide bonds. The summed E-state index contributed by atoms with van der Waals surface area (Å²) < 4.78 is 5.11. The van der Waals surface area contributed by atoms with Crippen molar-refractivity contribution < 1.29 is 4.52 Å². The zero-order chi connectivity index (χ0) is 11.5. The number of anilines is 1. The van der Waals surface area contributed by atoms with Crippen LogP contribution in [0.2, 0.25) is 0 Å². The fourth-order valence-electron chi connectivity index (χ4n) is 1.60. The number of aromatic nitrogens is 2. The van der Waals surface area contributed by atoms with Crippen LogP contribution >= 0.6 is 0 Å². The molecule has 0 fully saturated rings. The Kier molecular flexibility index (Phi) is 2.90. The van der Waals surface area contributed by atoms with E-state index in [2.05, 4.69) is 15.5 Å². The molecule has 2 aromatic rings. The minimum atomic E-state index is 0.727. The summed E-state index contributed by atoms with van der Waals surface area (Å²) in [4.78, 5) is 4.15. The molecule has 0 aliphatic rings. The molecule has 0 saturated heterocycles. The molecule has 0 bridgehead atoms. The van der Waals surface area contributed by atoms with Crippen molar-refractivity contribution in [3.8, 4) is 0 Å². The minimum Gasteiger partial charge on any atom is -0.381 e. The summed E-state index contributed by atoms with van der Waals surface area (Å²) in [6, 6.07) is 3.96. The van der Waals surface area contributed by atoms with Gasteiger partial charge in [-0.1, -0.05) is 5.16 Å². The second-order valence-corrected chi connectivity index (χ2v) is 3.84. The van der Waals surface area contributed by atoms with Gasteiger partial charge in [0.2, 0.25) is 0 Å². The second kappa shape index (κ2) is 4.35. The maximum Gasteiger partial charge on any atom is 0.138 e. The van der Waals surface area contributed by atoms with Gasteiger partial charge in [-0.05, 0) is 32.9 Å². The summed E-state index contributed by atoms with van der Waals surface area (Å²) in [5.41, 5.74) is 4.13. The molecular formula is C12H15N3O. The molecule has 0 aliphatic carbocycles. The molecule has 0 unspecified atom stereocenters. The van der Waals surface area contributed by atoms with Gasteiger partial charge < -0.3 is 9.84 Å². The highest BCUT2D eigenvalue weighted by Gasteiger charge is 2.07. The first-order valence-electron chi connectivity index (χ1n) is 5.25. The highest BCUT2D eigenvalue weighted by molar-refractivity contribution is 5.44. The van der Waals surface area contributed by atoms with Crippen molar-refractivity contribution in [2.75, 3.05) is 5.32 Å². The predicted octanol–water partition coefficient (Wildman–Crippen LogP) is 2.61. The molecule has 0 atom stereocenters. The van der Waals surface area contributed by atoms with Gasteiger partial charge in [0, 0.05) is 29.7 Å². The van der Waals surface area contributed by atoms with Gasteiger partial charge in [0.1, 0.15) is 5.76 Å². The molecule has 4 nitrogen and oxygen atoms in total. The molecule has 0 saturated carbocycles. The zero-order valence-corrected chi connectivity index (χ0v) is 9.74. The maximum absolute atomic E-state index is 5.11. The van der Waals surface area contributed by atoms with Gasteiger partial charge in [0.15, 0.2) is 0 Å². The second-order valence-electron chi connectivity index (χ2n) is 3.84. The summed E-state index contributed by atoms with van der Waals surface area (Å²) >= 11 is 0. The van der Waals surface area contributed by atoms with E-state index in [-0.39, 0.29) is 0 Å². The Balaban J connectivity index is 2.08. The van der Waals surface area contributed by atoms with Gasteiger partial charge in [-0.3, -0.25) is 4.98 Å². The summed E-state index contributed by atoms with van der Waals surface area (Å²) in [5, 5.41) is 7.25. The first-order valence-corrected chi connectivity index (χ1v) is 5.25. The summed E-state index contributed by atoms with van der Waals surface area (Å²) in [5.74, 6) is 0.871. The highest BCUT2D eigenvalue weighted by Crippen LogP contribution is 2.15. The lowest BCUT2D eigenvalue weighted by Gasteiger charge is -2.06. The number of nitrogens with zero attached hydrogens (tertiary/aromatic N) is 2. The monoisotopic (exact) mass is 217 g/mol. The van der Waals surface area contributed by atoms with Crippen LogP contribution in [0.4, 0.5) is 5.69 Å². The lowest BCUT2D eigenvalue weighted by Crippen LogP contribution is -2.01. The van der Waals surface area contributed by atoms with E-state index in [9.17, 15) is 0 Å². The van der Waals surface area contributed by atoms with Gasteiger partial charge in [-0.25, -0.2) is 0 Å². The number of pyridine rings is 1. The molecule has 2 aromatic heterocycles. The molecule has 1 N–H and O–H groups in total. The largest absolute Gasteiger partial charge is 0.381 e. The third kappa shape index (κ3) is 2.21. The number of nitrogens with one attached hydrogen (secondary N) is 1. The SMILES string of the molecule is Cc1cc(NCc2c(C)noc2C)ccn1. The smallest absolute Gasteiger partial charge is 0.138 e. The van der Waals surface area contributed by atoms with E-state index < -0.39 is 0 Å².